The van der Waals surface area contributed by atoms with E-state index in [1.165, 1.54) is 205 Å². The number of carbonyl (C=O) groups is 1. The van der Waals surface area contributed by atoms with E-state index in [4.69, 9.17) is 0 Å². The van der Waals surface area contributed by atoms with Crippen molar-refractivity contribution in [2.75, 3.05) is 6.61 Å². The summed E-state index contributed by atoms with van der Waals surface area (Å²) in [5.74, 6) is -0.0255. The minimum Gasteiger partial charge on any atom is -0.394 e. The molecule has 0 fully saturated rings. The van der Waals surface area contributed by atoms with Crippen LogP contribution in [0.3, 0.4) is 0 Å². The zero-order valence-electron chi connectivity index (χ0n) is 33.0. The molecule has 4 nitrogen and oxygen atoms in total. The molecule has 3 N–H and O–H groups in total. The van der Waals surface area contributed by atoms with E-state index >= 15 is 0 Å². The first-order valence-electron chi connectivity index (χ1n) is 22.2. The molecule has 0 spiro atoms. The van der Waals surface area contributed by atoms with Crippen molar-refractivity contribution in [1.82, 2.24) is 5.32 Å². The molecular weight excluding hydrogens is 590 g/mol. The molecule has 0 bridgehead atoms. The standard InChI is InChI=1S/C44H89NO3/c1-3-5-7-9-11-13-15-17-19-21-22-23-24-26-28-30-32-34-36-38-40-44(48)45-42(41-46)43(47)39-37-35-33-31-29-27-25-20-18-16-14-12-10-8-6-4-2/h42-43,46-47H,3-41H2,1-2H3,(H,45,48)/t42-,43+/m0/s1. The summed E-state index contributed by atoms with van der Waals surface area (Å²) in [6.45, 7) is 4.38. The fourth-order valence-electron chi connectivity index (χ4n) is 7.19. The summed E-state index contributed by atoms with van der Waals surface area (Å²) in [6.07, 6.45) is 48.9. The summed E-state index contributed by atoms with van der Waals surface area (Å²) >= 11 is 0. The molecule has 0 radical (unpaired) electrons. The highest BCUT2D eigenvalue weighted by atomic mass is 16.3. The van der Waals surface area contributed by atoms with Gasteiger partial charge in [0.05, 0.1) is 18.8 Å². The van der Waals surface area contributed by atoms with Gasteiger partial charge >= 0.3 is 0 Å². The van der Waals surface area contributed by atoms with Crippen LogP contribution in [0.25, 0.3) is 0 Å². The van der Waals surface area contributed by atoms with Gasteiger partial charge in [-0.3, -0.25) is 4.79 Å². The van der Waals surface area contributed by atoms with Crippen molar-refractivity contribution >= 4 is 5.91 Å². The maximum absolute atomic E-state index is 12.4. The molecule has 0 aromatic carbocycles. The lowest BCUT2D eigenvalue weighted by molar-refractivity contribution is -0.123. The third kappa shape index (κ3) is 36.7. The summed E-state index contributed by atoms with van der Waals surface area (Å²) in [4.78, 5) is 12.4. The van der Waals surface area contributed by atoms with Crippen molar-refractivity contribution in [3.8, 4) is 0 Å². The number of aliphatic hydroxyl groups is 2. The number of hydrogen-bond acceptors (Lipinski definition) is 3. The van der Waals surface area contributed by atoms with Gasteiger partial charge in [-0.15, -0.1) is 0 Å². The van der Waals surface area contributed by atoms with Gasteiger partial charge in [-0.05, 0) is 12.8 Å². The second kappa shape index (κ2) is 40.8. The zero-order valence-corrected chi connectivity index (χ0v) is 33.0. The van der Waals surface area contributed by atoms with Gasteiger partial charge in [0.2, 0.25) is 5.91 Å². The summed E-state index contributed by atoms with van der Waals surface area (Å²) in [7, 11) is 0. The second-order valence-corrected chi connectivity index (χ2v) is 15.5. The average molecular weight is 680 g/mol. The van der Waals surface area contributed by atoms with E-state index in [1.54, 1.807) is 0 Å². The van der Waals surface area contributed by atoms with E-state index in [0.717, 1.165) is 25.7 Å². The van der Waals surface area contributed by atoms with E-state index in [2.05, 4.69) is 19.2 Å². The molecule has 0 rings (SSSR count). The Hall–Kier alpha value is -0.610. The van der Waals surface area contributed by atoms with Crippen LogP contribution < -0.4 is 5.32 Å². The van der Waals surface area contributed by atoms with Crippen molar-refractivity contribution in [3.05, 3.63) is 0 Å². The largest absolute Gasteiger partial charge is 0.394 e. The third-order valence-electron chi connectivity index (χ3n) is 10.6. The zero-order chi connectivity index (χ0) is 35.0. The Morgan fingerprint density at radius 3 is 0.938 bits per heavy atom. The number of carbonyl (C=O) groups excluding carboxylic acids is 1. The van der Waals surface area contributed by atoms with Crippen molar-refractivity contribution in [3.63, 3.8) is 0 Å². The van der Waals surface area contributed by atoms with Crippen LogP contribution in [0.15, 0.2) is 0 Å². The van der Waals surface area contributed by atoms with Gasteiger partial charge in [-0.2, -0.15) is 0 Å². The van der Waals surface area contributed by atoms with Crippen LogP contribution in [0, 0.1) is 0 Å². The number of rotatable bonds is 41. The highest BCUT2D eigenvalue weighted by Gasteiger charge is 2.20. The molecule has 0 heterocycles. The van der Waals surface area contributed by atoms with Gasteiger partial charge in [0, 0.05) is 6.42 Å². The highest BCUT2D eigenvalue weighted by Crippen LogP contribution is 2.17. The van der Waals surface area contributed by atoms with Crippen LogP contribution in [0.4, 0.5) is 0 Å². The molecule has 1 amide bonds. The first-order valence-corrected chi connectivity index (χ1v) is 22.2. The van der Waals surface area contributed by atoms with Gasteiger partial charge in [-0.25, -0.2) is 0 Å². The van der Waals surface area contributed by atoms with E-state index in [9.17, 15) is 15.0 Å². The van der Waals surface area contributed by atoms with Crippen LogP contribution in [-0.2, 0) is 4.79 Å². The van der Waals surface area contributed by atoms with Gasteiger partial charge in [0.15, 0.2) is 0 Å². The van der Waals surface area contributed by atoms with E-state index in [1.807, 2.05) is 0 Å². The Labute approximate surface area is 302 Å². The Morgan fingerprint density at radius 2 is 0.667 bits per heavy atom. The van der Waals surface area contributed by atoms with Crippen LogP contribution >= 0.6 is 0 Å². The maximum atomic E-state index is 12.4. The molecule has 0 aromatic heterocycles. The normalized spacial score (nSPS) is 12.8. The highest BCUT2D eigenvalue weighted by molar-refractivity contribution is 5.76. The van der Waals surface area contributed by atoms with Crippen LogP contribution in [0.5, 0.6) is 0 Å². The topological polar surface area (TPSA) is 69.6 Å². The lowest BCUT2D eigenvalue weighted by Gasteiger charge is -2.22. The van der Waals surface area contributed by atoms with Gasteiger partial charge in [0.1, 0.15) is 0 Å². The maximum Gasteiger partial charge on any atom is 0.220 e. The number of aliphatic hydroxyl groups excluding tert-OH is 2. The van der Waals surface area contributed by atoms with Crippen molar-refractivity contribution in [1.29, 1.82) is 0 Å². The summed E-state index contributed by atoms with van der Waals surface area (Å²) in [5, 5.41) is 23.2. The minimum absolute atomic E-state index is 0.0255. The smallest absolute Gasteiger partial charge is 0.220 e. The van der Waals surface area contributed by atoms with Gasteiger partial charge < -0.3 is 15.5 Å². The molecular formula is C44H89NO3. The predicted molar refractivity (Wildman–Crippen MR) is 212 cm³/mol. The lowest BCUT2D eigenvalue weighted by atomic mass is 10.0. The molecule has 2 atom stereocenters. The van der Waals surface area contributed by atoms with E-state index in [-0.39, 0.29) is 12.5 Å². The molecule has 0 unspecified atom stereocenters. The van der Waals surface area contributed by atoms with Crippen molar-refractivity contribution in [2.24, 2.45) is 0 Å². The fraction of sp³-hybridized carbons (Fsp3) is 0.977. The Kier molecular flexibility index (Phi) is 40.3. The van der Waals surface area contributed by atoms with Crippen LogP contribution in [0.1, 0.15) is 258 Å². The third-order valence-corrected chi connectivity index (χ3v) is 10.6. The average Bonchev–Trinajstić information content (AvgIpc) is 3.09. The van der Waals surface area contributed by atoms with Gasteiger partial charge in [-0.1, -0.05) is 239 Å². The van der Waals surface area contributed by atoms with Gasteiger partial charge in [0.25, 0.3) is 0 Å². The molecule has 0 aliphatic rings. The number of amides is 1. The Morgan fingerprint density at radius 1 is 0.417 bits per heavy atom. The molecule has 4 heteroatoms. The number of nitrogens with one attached hydrogen (secondary N) is 1. The van der Waals surface area contributed by atoms with E-state index in [0.29, 0.717) is 12.8 Å². The summed E-state index contributed by atoms with van der Waals surface area (Å²) in [5.41, 5.74) is 0. The Balaban J connectivity index is 3.46. The number of unbranched alkanes of at least 4 members (excludes halogenated alkanes) is 34. The molecule has 48 heavy (non-hydrogen) atoms. The molecule has 0 aromatic rings. The molecule has 0 saturated carbocycles. The molecule has 0 aliphatic carbocycles. The van der Waals surface area contributed by atoms with Crippen molar-refractivity contribution < 1.29 is 15.0 Å². The minimum atomic E-state index is -0.652. The quantitative estimate of drug-likeness (QED) is 0.0563. The molecule has 288 valence electrons. The lowest BCUT2D eigenvalue weighted by Crippen LogP contribution is -2.45. The monoisotopic (exact) mass is 680 g/mol. The Bertz CT molecular complexity index is 612. The first-order chi connectivity index (χ1) is 23.7. The molecule has 0 saturated heterocycles. The first kappa shape index (κ1) is 47.4. The van der Waals surface area contributed by atoms with Crippen LogP contribution in [-0.4, -0.2) is 34.9 Å². The molecule has 0 aliphatic heterocycles. The summed E-state index contributed by atoms with van der Waals surface area (Å²) < 4.78 is 0. The van der Waals surface area contributed by atoms with Crippen LogP contribution in [0.2, 0.25) is 0 Å². The van der Waals surface area contributed by atoms with Crippen molar-refractivity contribution in [2.45, 2.75) is 270 Å². The number of hydrogen-bond donors (Lipinski definition) is 3. The summed E-state index contributed by atoms with van der Waals surface area (Å²) in [6, 6.07) is -0.529. The SMILES string of the molecule is CCCCCCCCCCCCCCCCCCCCCCC(=O)N[C@@H](CO)[C@H](O)CCCCCCCCCCCCCCCCCC. The predicted octanol–water partition coefficient (Wildman–Crippen LogP) is 13.7. The van der Waals surface area contributed by atoms with E-state index < -0.39 is 12.1 Å². The second-order valence-electron chi connectivity index (χ2n) is 15.5. The fourth-order valence-corrected chi connectivity index (χ4v) is 7.19.